The molecule has 5 nitrogen and oxygen atoms in total. The van der Waals surface area contributed by atoms with E-state index < -0.39 is 10.0 Å². The summed E-state index contributed by atoms with van der Waals surface area (Å²) in [5.41, 5.74) is 5.26. The fourth-order valence-electron chi connectivity index (χ4n) is 3.71. The van der Waals surface area contributed by atoms with Crippen molar-refractivity contribution in [3.63, 3.8) is 0 Å². The second-order valence-electron chi connectivity index (χ2n) is 6.97. The molecular weight excluding hydrogens is 374 g/mol. The fourth-order valence-corrected chi connectivity index (χ4v) is 4.78. The first kappa shape index (κ1) is 17.1. The van der Waals surface area contributed by atoms with Gasteiger partial charge >= 0.3 is 0 Å². The zero-order valence-electron chi connectivity index (χ0n) is 15.1. The minimum absolute atomic E-state index is 0.151. The molecule has 0 aromatic heterocycles. The number of hydrogen-bond acceptors (Lipinski definition) is 4. The lowest BCUT2D eigenvalue weighted by atomic mass is 10.1. The average molecular weight is 393 g/mol. The Kier molecular flexibility index (Phi) is 4.02. The van der Waals surface area contributed by atoms with Crippen molar-refractivity contribution in [2.75, 3.05) is 17.9 Å². The lowest BCUT2D eigenvalue weighted by Gasteiger charge is -2.12. The molecule has 28 heavy (non-hydrogen) atoms. The summed E-state index contributed by atoms with van der Waals surface area (Å²) in [7, 11) is -3.74. The van der Waals surface area contributed by atoms with Crippen molar-refractivity contribution in [2.24, 2.45) is 0 Å². The average Bonchev–Trinajstić information content (AvgIpc) is 2.89. The van der Waals surface area contributed by atoms with E-state index >= 15 is 0 Å². The molecule has 0 amide bonds. The molecule has 1 N–H and O–H groups in total. The van der Waals surface area contributed by atoms with E-state index in [4.69, 9.17) is 9.47 Å². The summed E-state index contributed by atoms with van der Waals surface area (Å²) in [5, 5.41) is 0. The quantitative estimate of drug-likeness (QED) is 0.566. The van der Waals surface area contributed by atoms with E-state index in [1.165, 1.54) is 17.2 Å². The summed E-state index contributed by atoms with van der Waals surface area (Å²) in [4.78, 5) is 0.151. The van der Waals surface area contributed by atoms with Crippen molar-refractivity contribution < 1.29 is 17.9 Å². The van der Waals surface area contributed by atoms with Crippen LogP contribution in [0, 0.1) is 0 Å². The normalized spacial score (nSPS) is 14.7. The maximum absolute atomic E-state index is 12.9. The van der Waals surface area contributed by atoms with E-state index in [1.807, 2.05) is 30.3 Å². The molecule has 0 saturated heterocycles. The number of sulfonamides is 1. The van der Waals surface area contributed by atoms with Crippen LogP contribution in [0.4, 0.5) is 5.69 Å². The number of nitrogens with one attached hydrogen (secondary N) is 1. The third-order valence-corrected chi connectivity index (χ3v) is 6.46. The van der Waals surface area contributed by atoms with E-state index in [2.05, 4.69) is 16.9 Å². The number of rotatable bonds is 3. The lowest BCUT2D eigenvalue weighted by Crippen LogP contribution is -2.13. The Bertz CT molecular complexity index is 1170. The van der Waals surface area contributed by atoms with Gasteiger partial charge < -0.3 is 9.47 Å². The second kappa shape index (κ2) is 6.56. The van der Waals surface area contributed by atoms with Gasteiger partial charge in [0.1, 0.15) is 0 Å². The molecule has 5 rings (SSSR count). The molecule has 0 radical (unpaired) electrons. The Morgan fingerprint density at radius 1 is 0.786 bits per heavy atom. The summed E-state index contributed by atoms with van der Waals surface area (Å²) < 4.78 is 39.7. The first-order chi connectivity index (χ1) is 13.6. The molecule has 0 spiro atoms. The highest BCUT2D eigenvalue weighted by atomic mass is 32.2. The van der Waals surface area contributed by atoms with Crippen LogP contribution >= 0.6 is 0 Å². The standard InChI is InChI=1S/C22H19NO4S/c24-28(25,18-8-9-21-22(14-18)27-11-3-10-26-21)23-17-7-6-16-12-15-4-1-2-5-19(15)20(16)13-17/h1-2,4-9,13-14,23H,3,10-12H2. The molecule has 0 bridgehead atoms. The van der Waals surface area contributed by atoms with E-state index in [-0.39, 0.29) is 4.90 Å². The van der Waals surface area contributed by atoms with Gasteiger partial charge in [-0.05, 0) is 52.9 Å². The Morgan fingerprint density at radius 2 is 1.57 bits per heavy atom. The van der Waals surface area contributed by atoms with Gasteiger partial charge in [-0.15, -0.1) is 0 Å². The Morgan fingerprint density at radius 3 is 2.46 bits per heavy atom. The number of ether oxygens (including phenoxy) is 2. The summed E-state index contributed by atoms with van der Waals surface area (Å²) >= 11 is 0. The van der Waals surface area contributed by atoms with Crippen molar-refractivity contribution in [1.29, 1.82) is 0 Å². The summed E-state index contributed by atoms with van der Waals surface area (Å²) in [5.74, 6) is 1.04. The number of hydrogen-bond donors (Lipinski definition) is 1. The van der Waals surface area contributed by atoms with Crippen LogP contribution in [0.15, 0.2) is 65.6 Å². The van der Waals surface area contributed by atoms with E-state index in [1.54, 1.807) is 12.1 Å². The minimum Gasteiger partial charge on any atom is -0.490 e. The zero-order valence-corrected chi connectivity index (χ0v) is 16.0. The van der Waals surface area contributed by atoms with Crippen LogP contribution in [-0.2, 0) is 16.4 Å². The molecule has 0 fully saturated rings. The third kappa shape index (κ3) is 2.99. The molecular formula is C22H19NO4S. The Balaban J connectivity index is 1.46. The highest BCUT2D eigenvalue weighted by molar-refractivity contribution is 7.92. The second-order valence-corrected chi connectivity index (χ2v) is 8.65. The highest BCUT2D eigenvalue weighted by Crippen LogP contribution is 2.38. The van der Waals surface area contributed by atoms with Crippen LogP contribution < -0.4 is 14.2 Å². The molecule has 142 valence electrons. The molecule has 1 heterocycles. The van der Waals surface area contributed by atoms with Gasteiger partial charge in [0, 0.05) is 18.2 Å². The smallest absolute Gasteiger partial charge is 0.262 e. The molecule has 1 aliphatic heterocycles. The lowest BCUT2D eigenvalue weighted by molar-refractivity contribution is 0.297. The zero-order chi connectivity index (χ0) is 19.1. The molecule has 0 saturated carbocycles. The van der Waals surface area contributed by atoms with Crippen molar-refractivity contribution in [3.05, 3.63) is 71.8 Å². The van der Waals surface area contributed by atoms with E-state index in [0.29, 0.717) is 30.4 Å². The van der Waals surface area contributed by atoms with Gasteiger partial charge in [0.25, 0.3) is 10.0 Å². The summed E-state index contributed by atoms with van der Waals surface area (Å²) in [6, 6.07) is 18.6. The maximum Gasteiger partial charge on any atom is 0.262 e. The predicted octanol–water partition coefficient (Wildman–Crippen LogP) is 4.22. The third-order valence-electron chi connectivity index (χ3n) is 5.08. The van der Waals surface area contributed by atoms with Gasteiger partial charge in [-0.25, -0.2) is 8.42 Å². The van der Waals surface area contributed by atoms with Crippen LogP contribution in [0.25, 0.3) is 11.1 Å². The van der Waals surface area contributed by atoms with Crippen molar-refractivity contribution in [2.45, 2.75) is 17.7 Å². The molecule has 0 atom stereocenters. The largest absolute Gasteiger partial charge is 0.490 e. The molecule has 1 aliphatic carbocycles. The predicted molar refractivity (Wildman–Crippen MR) is 108 cm³/mol. The van der Waals surface area contributed by atoms with Crippen LogP contribution in [-0.4, -0.2) is 21.6 Å². The molecule has 3 aromatic carbocycles. The summed E-state index contributed by atoms with van der Waals surface area (Å²) in [6.07, 6.45) is 1.65. The van der Waals surface area contributed by atoms with Crippen molar-refractivity contribution in [3.8, 4) is 22.6 Å². The molecule has 0 unspecified atom stereocenters. The van der Waals surface area contributed by atoms with Crippen LogP contribution in [0.3, 0.4) is 0 Å². The van der Waals surface area contributed by atoms with E-state index in [0.717, 1.165) is 24.0 Å². The van der Waals surface area contributed by atoms with Crippen molar-refractivity contribution >= 4 is 15.7 Å². The first-order valence-electron chi connectivity index (χ1n) is 9.24. The van der Waals surface area contributed by atoms with Crippen LogP contribution in [0.5, 0.6) is 11.5 Å². The van der Waals surface area contributed by atoms with Crippen molar-refractivity contribution in [1.82, 2.24) is 0 Å². The van der Waals surface area contributed by atoms with E-state index in [9.17, 15) is 8.42 Å². The first-order valence-corrected chi connectivity index (χ1v) is 10.7. The van der Waals surface area contributed by atoms with Gasteiger partial charge in [-0.2, -0.15) is 0 Å². The number of anilines is 1. The maximum atomic E-state index is 12.9. The topological polar surface area (TPSA) is 64.6 Å². The Labute approximate surface area is 164 Å². The van der Waals surface area contributed by atoms with Gasteiger partial charge in [0.2, 0.25) is 0 Å². The van der Waals surface area contributed by atoms with Crippen LogP contribution in [0.2, 0.25) is 0 Å². The van der Waals surface area contributed by atoms with Gasteiger partial charge in [0.05, 0.1) is 18.1 Å². The fraction of sp³-hybridized carbons (Fsp3) is 0.182. The van der Waals surface area contributed by atoms with Gasteiger partial charge in [-0.3, -0.25) is 4.72 Å². The molecule has 2 aliphatic rings. The molecule has 6 heteroatoms. The number of fused-ring (bicyclic) bond motifs is 4. The van der Waals surface area contributed by atoms with Gasteiger partial charge in [0.15, 0.2) is 11.5 Å². The van der Waals surface area contributed by atoms with Crippen LogP contribution in [0.1, 0.15) is 17.5 Å². The molecule has 3 aromatic rings. The van der Waals surface area contributed by atoms with Gasteiger partial charge in [-0.1, -0.05) is 30.3 Å². The number of benzene rings is 3. The SMILES string of the molecule is O=S(=O)(Nc1ccc2c(c1)-c1ccccc1C2)c1ccc2c(c1)OCCCO2. The minimum atomic E-state index is -3.74. The monoisotopic (exact) mass is 393 g/mol. The Hall–Kier alpha value is -2.99. The highest BCUT2D eigenvalue weighted by Gasteiger charge is 2.21. The summed E-state index contributed by atoms with van der Waals surface area (Å²) in [6.45, 7) is 1.07.